The summed E-state index contributed by atoms with van der Waals surface area (Å²) in [6.07, 6.45) is 4.21. The summed E-state index contributed by atoms with van der Waals surface area (Å²) in [5.74, 6) is 0. The molecule has 0 aliphatic carbocycles. The highest BCUT2D eigenvalue weighted by molar-refractivity contribution is 7.17. The number of nitrogens with zero attached hydrogens (tertiary/aromatic N) is 1. The number of fused-ring (bicyclic) bond motifs is 1. The first-order chi connectivity index (χ1) is 10.3. The number of hydrogen-bond acceptors (Lipinski definition) is 4. The van der Waals surface area contributed by atoms with Crippen LogP contribution in [0, 0.1) is 6.92 Å². The lowest BCUT2D eigenvalue weighted by molar-refractivity contribution is 0.537. The summed E-state index contributed by atoms with van der Waals surface area (Å²) < 4.78 is 1.38. The van der Waals surface area contributed by atoms with Crippen LogP contribution >= 0.6 is 22.7 Å². The van der Waals surface area contributed by atoms with E-state index in [4.69, 9.17) is 0 Å². The van der Waals surface area contributed by atoms with Crippen molar-refractivity contribution in [3.8, 4) is 0 Å². The van der Waals surface area contributed by atoms with E-state index in [1.54, 1.807) is 11.3 Å². The Kier molecular flexibility index (Phi) is 4.68. The molecule has 3 aromatic rings. The predicted octanol–water partition coefficient (Wildman–Crippen LogP) is 4.95. The van der Waals surface area contributed by atoms with E-state index in [-0.39, 0.29) is 0 Å². The second kappa shape index (κ2) is 6.69. The quantitative estimate of drug-likeness (QED) is 0.696. The topological polar surface area (TPSA) is 24.9 Å². The van der Waals surface area contributed by atoms with Crippen molar-refractivity contribution in [2.45, 2.75) is 32.7 Å². The molecule has 1 N–H and O–H groups in total. The van der Waals surface area contributed by atoms with E-state index in [1.807, 2.05) is 17.5 Å². The lowest BCUT2D eigenvalue weighted by atomic mass is 10.0. The van der Waals surface area contributed by atoms with Gasteiger partial charge in [-0.25, -0.2) is 4.98 Å². The number of thiophene rings is 1. The molecule has 0 fully saturated rings. The lowest BCUT2D eigenvalue weighted by Crippen LogP contribution is -2.23. The molecule has 1 atom stereocenters. The largest absolute Gasteiger partial charge is 0.309 e. The molecule has 0 spiro atoms. The molecule has 0 radical (unpaired) electrons. The third-order valence-corrected chi connectivity index (χ3v) is 5.65. The summed E-state index contributed by atoms with van der Waals surface area (Å²) in [7, 11) is 0. The average molecular weight is 316 g/mol. The Bertz CT molecular complexity index is 714. The van der Waals surface area contributed by atoms with Gasteiger partial charge in [0.1, 0.15) is 0 Å². The Morgan fingerprint density at radius 1 is 1.29 bits per heavy atom. The van der Waals surface area contributed by atoms with Crippen molar-refractivity contribution < 1.29 is 0 Å². The second-order valence-electron chi connectivity index (χ2n) is 5.25. The Morgan fingerprint density at radius 3 is 2.90 bits per heavy atom. The smallest absolute Gasteiger partial charge is 0.0897 e. The molecule has 0 bridgehead atoms. The minimum absolute atomic E-state index is 0.370. The molecule has 0 aliphatic rings. The summed E-state index contributed by atoms with van der Waals surface area (Å²) in [5, 5.41) is 8.52. The van der Waals surface area contributed by atoms with Gasteiger partial charge < -0.3 is 5.32 Å². The second-order valence-corrected chi connectivity index (χ2v) is 7.43. The van der Waals surface area contributed by atoms with Crippen LogP contribution in [0.3, 0.4) is 0 Å². The van der Waals surface area contributed by atoms with Crippen LogP contribution in [0.2, 0.25) is 0 Å². The lowest BCUT2D eigenvalue weighted by Gasteiger charge is -2.16. The van der Waals surface area contributed by atoms with Crippen LogP contribution in [0.15, 0.2) is 35.8 Å². The van der Waals surface area contributed by atoms with E-state index >= 15 is 0 Å². The molecule has 0 saturated carbocycles. The SMILES string of the molecule is CCCNC(Cc1csc2ccccc12)c1cnc(C)s1. The molecule has 4 heteroatoms. The average Bonchev–Trinajstić information content (AvgIpc) is 3.10. The van der Waals surface area contributed by atoms with Crippen molar-refractivity contribution >= 4 is 32.8 Å². The zero-order valence-corrected chi connectivity index (χ0v) is 14.1. The highest BCUT2D eigenvalue weighted by Gasteiger charge is 2.16. The third kappa shape index (κ3) is 3.34. The van der Waals surface area contributed by atoms with Gasteiger partial charge in [-0.2, -0.15) is 0 Å². The summed E-state index contributed by atoms with van der Waals surface area (Å²) >= 11 is 3.64. The van der Waals surface area contributed by atoms with Crippen LogP contribution in [0.1, 0.15) is 34.8 Å². The Balaban J connectivity index is 1.87. The van der Waals surface area contributed by atoms with Crippen molar-refractivity contribution in [3.05, 3.63) is 51.3 Å². The number of rotatable bonds is 6. The van der Waals surface area contributed by atoms with Crippen LogP contribution in [0.4, 0.5) is 0 Å². The van der Waals surface area contributed by atoms with Gasteiger partial charge in [0, 0.05) is 21.8 Å². The number of nitrogens with one attached hydrogen (secondary N) is 1. The summed E-state index contributed by atoms with van der Waals surface area (Å²) in [5.41, 5.74) is 1.44. The maximum atomic E-state index is 4.42. The molecular weight excluding hydrogens is 296 g/mol. The van der Waals surface area contributed by atoms with Gasteiger partial charge in [-0.1, -0.05) is 25.1 Å². The van der Waals surface area contributed by atoms with Crippen molar-refractivity contribution in [1.29, 1.82) is 0 Å². The van der Waals surface area contributed by atoms with Gasteiger partial charge in [0.15, 0.2) is 0 Å². The number of aromatic nitrogens is 1. The molecule has 3 rings (SSSR count). The first kappa shape index (κ1) is 14.7. The normalized spacial score (nSPS) is 12.9. The molecular formula is C17H20N2S2. The van der Waals surface area contributed by atoms with E-state index < -0.39 is 0 Å². The fraction of sp³-hybridized carbons (Fsp3) is 0.353. The molecule has 1 unspecified atom stereocenters. The standard InChI is InChI=1S/C17H20N2S2/c1-3-8-18-15(17-10-19-12(2)21-17)9-13-11-20-16-7-5-4-6-14(13)16/h4-7,10-11,15,18H,3,8-9H2,1-2H3. The molecule has 0 aliphatic heterocycles. The van der Waals surface area contributed by atoms with Crippen LogP contribution in [-0.2, 0) is 6.42 Å². The Morgan fingerprint density at radius 2 is 2.14 bits per heavy atom. The van der Waals surface area contributed by atoms with Gasteiger partial charge in [-0.3, -0.25) is 0 Å². The zero-order chi connectivity index (χ0) is 14.7. The minimum Gasteiger partial charge on any atom is -0.309 e. The molecule has 110 valence electrons. The Labute approximate surface area is 133 Å². The maximum absolute atomic E-state index is 4.42. The van der Waals surface area contributed by atoms with E-state index in [1.165, 1.54) is 20.5 Å². The molecule has 0 amide bonds. The summed E-state index contributed by atoms with van der Waals surface area (Å²) in [6.45, 7) is 5.33. The molecule has 2 heterocycles. The number of aryl methyl sites for hydroxylation is 1. The fourth-order valence-electron chi connectivity index (χ4n) is 2.54. The van der Waals surface area contributed by atoms with Gasteiger partial charge >= 0.3 is 0 Å². The highest BCUT2D eigenvalue weighted by atomic mass is 32.1. The highest BCUT2D eigenvalue weighted by Crippen LogP contribution is 2.31. The van der Waals surface area contributed by atoms with E-state index in [0.29, 0.717) is 6.04 Å². The maximum Gasteiger partial charge on any atom is 0.0897 e. The van der Waals surface area contributed by atoms with E-state index in [2.05, 4.69) is 53.8 Å². The van der Waals surface area contributed by atoms with Crippen molar-refractivity contribution in [2.24, 2.45) is 0 Å². The van der Waals surface area contributed by atoms with Gasteiger partial charge in [-0.15, -0.1) is 22.7 Å². The van der Waals surface area contributed by atoms with Gasteiger partial charge in [-0.05, 0) is 48.7 Å². The van der Waals surface area contributed by atoms with Crippen LogP contribution in [0.5, 0.6) is 0 Å². The molecule has 2 aromatic heterocycles. The van der Waals surface area contributed by atoms with Gasteiger partial charge in [0.2, 0.25) is 0 Å². The summed E-state index contributed by atoms with van der Waals surface area (Å²) in [6, 6.07) is 9.05. The number of thiazole rings is 1. The molecule has 0 saturated heterocycles. The Hall–Kier alpha value is -1.23. The monoisotopic (exact) mass is 316 g/mol. The third-order valence-electron chi connectivity index (χ3n) is 3.61. The first-order valence-corrected chi connectivity index (χ1v) is 9.08. The molecule has 21 heavy (non-hydrogen) atoms. The first-order valence-electron chi connectivity index (χ1n) is 7.38. The number of benzene rings is 1. The van der Waals surface area contributed by atoms with E-state index in [0.717, 1.165) is 24.4 Å². The van der Waals surface area contributed by atoms with Crippen molar-refractivity contribution in [1.82, 2.24) is 10.3 Å². The molecule has 1 aromatic carbocycles. The minimum atomic E-state index is 0.370. The van der Waals surface area contributed by atoms with E-state index in [9.17, 15) is 0 Å². The van der Waals surface area contributed by atoms with Crippen molar-refractivity contribution in [2.75, 3.05) is 6.54 Å². The number of hydrogen-bond donors (Lipinski definition) is 1. The molecule has 2 nitrogen and oxygen atoms in total. The van der Waals surface area contributed by atoms with Crippen LogP contribution < -0.4 is 5.32 Å². The fourth-order valence-corrected chi connectivity index (χ4v) is 4.38. The summed E-state index contributed by atoms with van der Waals surface area (Å²) in [4.78, 5) is 5.76. The predicted molar refractivity (Wildman–Crippen MR) is 93.4 cm³/mol. The van der Waals surface area contributed by atoms with Crippen LogP contribution in [-0.4, -0.2) is 11.5 Å². The van der Waals surface area contributed by atoms with Crippen LogP contribution in [0.25, 0.3) is 10.1 Å². The van der Waals surface area contributed by atoms with Gasteiger partial charge in [0.05, 0.1) is 5.01 Å². The van der Waals surface area contributed by atoms with Gasteiger partial charge in [0.25, 0.3) is 0 Å². The zero-order valence-electron chi connectivity index (χ0n) is 12.4. The van der Waals surface area contributed by atoms with Crippen molar-refractivity contribution in [3.63, 3.8) is 0 Å².